The molecule has 0 aliphatic carbocycles. The van der Waals surface area contributed by atoms with E-state index in [0.29, 0.717) is 6.54 Å². The molecule has 1 unspecified atom stereocenters. The van der Waals surface area contributed by atoms with Crippen LogP contribution in [0, 0.1) is 5.92 Å². The molecule has 1 rings (SSSR count). The molecule has 0 saturated heterocycles. The molecule has 1 atom stereocenters. The lowest BCUT2D eigenvalue weighted by Crippen LogP contribution is -2.37. The van der Waals surface area contributed by atoms with Gasteiger partial charge in [-0.1, -0.05) is 6.92 Å². The maximum absolute atomic E-state index is 12.0. The third-order valence-corrected chi connectivity index (χ3v) is 2.99. The average molecular weight is 235 g/mol. The summed E-state index contributed by atoms with van der Waals surface area (Å²) >= 11 is 0. The summed E-state index contributed by atoms with van der Waals surface area (Å²) in [6.45, 7) is 3.14. The van der Waals surface area contributed by atoms with E-state index in [1.54, 1.807) is 17.3 Å². The van der Waals surface area contributed by atoms with Gasteiger partial charge in [0.05, 0.1) is 5.92 Å². The number of likely N-dealkylation sites (N-methyl/N-ethyl adjacent to an activating group) is 1. The van der Waals surface area contributed by atoms with Gasteiger partial charge in [0.25, 0.3) is 0 Å². The van der Waals surface area contributed by atoms with E-state index < -0.39 is 0 Å². The Morgan fingerprint density at radius 1 is 1.47 bits per heavy atom. The van der Waals surface area contributed by atoms with Crippen LogP contribution < -0.4 is 5.73 Å². The first kappa shape index (κ1) is 13.6. The highest BCUT2D eigenvalue weighted by atomic mass is 16.2. The molecule has 1 amide bonds. The maximum Gasteiger partial charge on any atom is 0.226 e. The summed E-state index contributed by atoms with van der Waals surface area (Å²) in [6.07, 6.45) is 5.19. The Labute approximate surface area is 103 Å². The Hall–Kier alpha value is -1.42. The fourth-order valence-corrected chi connectivity index (χ4v) is 1.71. The first-order chi connectivity index (χ1) is 8.19. The number of rotatable bonds is 6. The molecule has 0 radical (unpaired) electrons. The number of nitrogens with two attached hydrogens (primary N) is 1. The van der Waals surface area contributed by atoms with Crippen molar-refractivity contribution in [1.29, 1.82) is 0 Å². The van der Waals surface area contributed by atoms with Crippen LogP contribution in [0.1, 0.15) is 18.9 Å². The van der Waals surface area contributed by atoms with Gasteiger partial charge in [0.2, 0.25) is 5.91 Å². The molecular formula is C13H21N3O. The van der Waals surface area contributed by atoms with Crippen LogP contribution >= 0.6 is 0 Å². The standard InChI is InChI=1S/C13H21N3O/c1-3-12(10-14)13(17)16(2)9-6-11-4-7-15-8-5-11/h4-5,7-8,12H,3,6,9-10,14H2,1-2H3. The number of nitrogens with zero attached hydrogens (tertiary/aromatic N) is 2. The summed E-state index contributed by atoms with van der Waals surface area (Å²) in [5.74, 6) is 0.0986. The van der Waals surface area contributed by atoms with Crippen molar-refractivity contribution in [2.24, 2.45) is 11.7 Å². The van der Waals surface area contributed by atoms with Gasteiger partial charge in [-0.2, -0.15) is 0 Å². The van der Waals surface area contributed by atoms with Crippen molar-refractivity contribution in [3.8, 4) is 0 Å². The number of aromatic nitrogens is 1. The van der Waals surface area contributed by atoms with Crippen molar-refractivity contribution in [1.82, 2.24) is 9.88 Å². The van der Waals surface area contributed by atoms with E-state index in [2.05, 4.69) is 4.98 Å². The lowest BCUT2D eigenvalue weighted by Gasteiger charge is -2.22. The second kappa shape index (κ2) is 7.01. The average Bonchev–Trinajstić information content (AvgIpc) is 2.38. The summed E-state index contributed by atoms with van der Waals surface area (Å²) in [6, 6.07) is 3.94. The van der Waals surface area contributed by atoms with Crippen LogP contribution in [-0.4, -0.2) is 35.9 Å². The van der Waals surface area contributed by atoms with Crippen molar-refractivity contribution in [2.45, 2.75) is 19.8 Å². The van der Waals surface area contributed by atoms with Gasteiger partial charge in [0, 0.05) is 32.5 Å². The molecule has 4 nitrogen and oxygen atoms in total. The molecule has 0 fully saturated rings. The predicted octanol–water partition coefficient (Wildman–Crippen LogP) is 1.07. The van der Waals surface area contributed by atoms with Gasteiger partial charge in [0.1, 0.15) is 0 Å². The largest absolute Gasteiger partial charge is 0.345 e. The van der Waals surface area contributed by atoms with Gasteiger partial charge in [-0.15, -0.1) is 0 Å². The summed E-state index contributed by atoms with van der Waals surface area (Å²) in [5.41, 5.74) is 6.77. The smallest absolute Gasteiger partial charge is 0.226 e. The van der Waals surface area contributed by atoms with E-state index in [1.165, 1.54) is 5.56 Å². The number of hydrogen-bond acceptors (Lipinski definition) is 3. The van der Waals surface area contributed by atoms with Crippen LogP contribution in [-0.2, 0) is 11.2 Å². The Bertz CT molecular complexity index is 336. The summed E-state index contributed by atoms with van der Waals surface area (Å²) < 4.78 is 0. The van der Waals surface area contributed by atoms with E-state index >= 15 is 0 Å². The molecule has 1 aromatic heterocycles. The normalized spacial score (nSPS) is 12.2. The number of hydrogen-bond donors (Lipinski definition) is 1. The molecule has 4 heteroatoms. The third-order valence-electron chi connectivity index (χ3n) is 2.99. The van der Waals surface area contributed by atoms with E-state index in [0.717, 1.165) is 19.4 Å². The van der Waals surface area contributed by atoms with Gasteiger partial charge < -0.3 is 10.6 Å². The second-order valence-corrected chi connectivity index (χ2v) is 4.21. The number of pyridine rings is 1. The van der Waals surface area contributed by atoms with Gasteiger partial charge in [-0.05, 0) is 30.5 Å². The molecule has 1 heterocycles. The highest BCUT2D eigenvalue weighted by Crippen LogP contribution is 2.06. The van der Waals surface area contributed by atoms with Crippen LogP contribution in [0.25, 0.3) is 0 Å². The van der Waals surface area contributed by atoms with Gasteiger partial charge >= 0.3 is 0 Å². The molecule has 2 N–H and O–H groups in total. The van der Waals surface area contributed by atoms with Crippen LogP contribution in [0.5, 0.6) is 0 Å². The third kappa shape index (κ3) is 4.15. The number of carbonyl (C=O) groups is 1. The molecule has 0 saturated carbocycles. The summed E-state index contributed by atoms with van der Waals surface area (Å²) in [4.78, 5) is 17.7. The Balaban J connectivity index is 2.44. The lowest BCUT2D eigenvalue weighted by molar-refractivity contribution is -0.133. The van der Waals surface area contributed by atoms with E-state index in [-0.39, 0.29) is 11.8 Å². The second-order valence-electron chi connectivity index (χ2n) is 4.21. The molecule has 0 bridgehead atoms. The van der Waals surface area contributed by atoms with Crippen molar-refractivity contribution in [2.75, 3.05) is 20.1 Å². The Morgan fingerprint density at radius 3 is 2.65 bits per heavy atom. The molecule has 0 aromatic carbocycles. The van der Waals surface area contributed by atoms with Crippen molar-refractivity contribution in [3.05, 3.63) is 30.1 Å². The monoisotopic (exact) mass is 235 g/mol. The Morgan fingerprint density at radius 2 is 2.12 bits per heavy atom. The van der Waals surface area contributed by atoms with Crippen LogP contribution in [0.2, 0.25) is 0 Å². The van der Waals surface area contributed by atoms with Crippen LogP contribution in [0.4, 0.5) is 0 Å². The Kier molecular flexibility index (Phi) is 5.63. The van der Waals surface area contributed by atoms with E-state index in [1.807, 2.05) is 26.1 Å². The fourth-order valence-electron chi connectivity index (χ4n) is 1.71. The zero-order valence-electron chi connectivity index (χ0n) is 10.6. The number of carbonyl (C=O) groups excluding carboxylic acids is 1. The highest BCUT2D eigenvalue weighted by Gasteiger charge is 2.18. The summed E-state index contributed by atoms with van der Waals surface area (Å²) in [7, 11) is 1.84. The molecule has 94 valence electrons. The first-order valence-electron chi connectivity index (χ1n) is 6.03. The van der Waals surface area contributed by atoms with E-state index in [4.69, 9.17) is 5.73 Å². The van der Waals surface area contributed by atoms with Crippen molar-refractivity contribution in [3.63, 3.8) is 0 Å². The lowest BCUT2D eigenvalue weighted by atomic mass is 10.1. The SMILES string of the molecule is CCC(CN)C(=O)N(C)CCc1ccncc1. The molecule has 0 spiro atoms. The topological polar surface area (TPSA) is 59.2 Å². The fraction of sp³-hybridized carbons (Fsp3) is 0.538. The zero-order chi connectivity index (χ0) is 12.7. The molecule has 17 heavy (non-hydrogen) atoms. The molecular weight excluding hydrogens is 214 g/mol. The minimum Gasteiger partial charge on any atom is -0.345 e. The van der Waals surface area contributed by atoms with E-state index in [9.17, 15) is 4.79 Å². The quantitative estimate of drug-likeness (QED) is 0.802. The van der Waals surface area contributed by atoms with Gasteiger partial charge in [0.15, 0.2) is 0 Å². The highest BCUT2D eigenvalue weighted by molar-refractivity contribution is 5.78. The van der Waals surface area contributed by atoms with Gasteiger partial charge in [-0.25, -0.2) is 0 Å². The minimum atomic E-state index is -0.0440. The first-order valence-corrected chi connectivity index (χ1v) is 6.03. The van der Waals surface area contributed by atoms with Crippen LogP contribution in [0.3, 0.4) is 0 Å². The number of amides is 1. The minimum absolute atomic E-state index is 0.0440. The van der Waals surface area contributed by atoms with Gasteiger partial charge in [-0.3, -0.25) is 9.78 Å². The predicted molar refractivity (Wildman–Crippen MR) is 68.4 cm³/mol. The summed E-state index contributed by atoms with van der Waals surface area (Å²) in [5, 5.41) is 0. The van der Waals surface area contributed by atoms with Crippen molar-refractivity contribution < 1.29 is 4.79 Å². The zero-order valence-corrected chi connectivity index (χ0v) is 10.6. The molecule has 1 aromatic rings. The van der Waals surface area contributed by atoms with Crippen LogP contribution in [0.15, 0.2) is 24.5 Å². The molecule has 0 aliphatic rings. The van der Waals surface area contributed by atoms with Crippen molar-refractivity contribution >= 4 is 5.91 Å². The molecule has 0 aliphatic heterocycles. The maximum atomic E-state index is 12.0.